The molecule has 2 saturated heterocycles. The number of fused-ring (bicyclic) bond motifs is 1. The van der Waals surface area contributed by atoms with Crippen LogP contribution in [0.2, 0.25) is 0 Å². The summed E-state index contributed by atoms with van der Waals surface area (Å²) in [5, 5.41) is 10.7. The van der Waals surface area contributed by atoms with Crippen LogP contribution in [-0.2, 0) is 9.59 Å². The second-order valence-electron chi connectivity index (χ2n) is 4.14. The summed E-state index contributed by atoms with van der Waals surface area (Å²) in [7, 11) is 0. The van der Waals surface area contributed by atoms with E-state index in [1.165, 1.54) is 16.7 Å². The van der Waals surface area contributed by atoms with Crippen LogP contribution in [0.4, 0.5) is 0 Å². The fraction of sp³-hybridized carbons (Fsp3) is 0.778. The second kappa shape index (κ2) is 4.28. The quantitative estimate of drug-likeness (QED) is 0.350. The zero-order valence-corrected chi connectivity index (χ0v) is 11.8. The first kappa shape index (κ1) is 11.8. The van der Waals surface area contributed by atoms with Gasteiger partial charge in [-0.15, -0.1) is 11.8 Å². The van der Waals surface area contributed by atoms with Crippen LogP contribution in [0.3, 0.4) is 0 Å². The fourth-order valence-corrected chi connectivity index (χ4v) is 3.27. The van der Waals surface area contributed by atoms with Gasteiger partial charge in [0.1, 0.15) is 0 Å². The summed E-state index contributed by atoms with van der Waals surface area (Å²) in [6.07, 6.45) is -0.725. The first-order valence-corrected chi connectivity index (χ1v) is 5.34. The van der Waals surface area contributed by atoms with Crippen molar-refractivity contribution in [2.75, 3.05) is 6.54 Å². The van der Waals surface area contributed by atoms with Gasteiger partial charge in [0.25, 0.3) is 0 Å². The van der Waals surface area contributed by atoms with Gasteiger partial charge in [0.05, 0.1) is 11.8 Å². The molecule has 0 aliphatic carbocycles. The standard InChI is InChI=1S/C9H13NO3S.Na/c1-9(2)5(8(12)13)4-10-6(11)3-7(10)14-9;/h5,7H,3-4H2,1-2H3,(H,12,13);/q;+1/p-1/t5-,7+;/m0./s1/i3D;/t3-,5+,7-;/m1.. The SMILES string of the molecule is [2H][C@@H]1C(=O)N2C[C@@H](C(=O)[O-])C(C)(C)S[C@H]12.[Na+]. The molecule has 15 heavy (non-hydrogen) atoms. The van der Waals surface area contributed by atoms with Crippen LogP contribution in [0.15, 0.2) is 0 Å². The molecule has 2 rings (SSSR count). The van der Waals surface area contributed by atoms with E-state index in [-0.39, 0.29) is 47.4 Å². The number of carboxylic acids is 1. The molecule has 6 heteroatoms. The Balaban J connectivity index is 0.00000128. The van der Waals surface area contributed by atoms with E-state index in [1.54, 1.807) is 0 Å². The van der Waals surface area contributed by atoms with Crippen molar-refractivity contribution in [3.05, 3.63) is 0 Å². The van der Waals surface area contributed by atoms with Crippen molar-refractivity contribution in [3.8, 4) is 0 Å². The third-order valence-corrected chi connectivity index (χ3v) is 4.33. The Labute approximate surface area is 116 Å². The first-order valence-electron chi connectivity index (χ1n) is 5.04. The number of aliphatic carboxylic acids is 1. The number of carboxylic acid groups (broad SMARTS) is 1. The minimum absolute atomic E-state index is 0. The third-order valence-electron chi connectivity index (χ3n) is 2.80. The summed E-state index contributed by atoms with van der Waals surface area (Å²) in [6.45, 7) is 3.83. The van der Waals surface area contributed by atoms with Crippen LogP contribution < -0.4 is 34.7 Å². The summed E-state index contributed by atoms with van der Waals surface area (Å²) in [5.74, 6) is -2.04. The molecule has 2 heterocycles. The van der Waals surface area contributed by atoms with Crippen LogP contribution in [-0.4, -0.2) is 33.4 Å². The van der Waals surface area contributed by atoms with Gasteiger partial charge in [-0.05, 0) is 13.8 Å². The van der Waals surface area contributed by atoms with Crippen LogP contribution in [0.5, 0.6) is 0 Å². The van der Waals surface area contributed by atoms with Crippen LogP contribution in [0.1, 0.15) is 21.6 Å². The predicted octanol–water partition coefficient (Wildman–Crippen LogP) is -3.56. The molecule has 2 aliphatic rings. The summed E-state index contributed by atoms with van der Waals surface area (Å²) in [6, 6.07) is 0. The van der Waals surface area contributed by atoms with Gasteiger partial charge in [0.2, 0.25) is 5.91 Å². The number of thioether (sulfide) groups is 1. The van der Waals surface area contributed by atoms with Gasteiger partial charge in [-0.2, -0.15) is 0 Å². The van der Waals surface area contributed by atoms with Crippen molar-refractivity contribution in [2.45, 2.75) is 30.4 Å². The molecule has 0 aromatic rings. The second-order valence-corrected chi connectivity index (χ2v) is 5.91. The molecule has 2 aliphatic heterocycles. The number of hydrogen-bond acceptors (Lipinski definition) is 4. The molecule has 4 nitrogen and oxygen atoms in total. The summed E-state index contributed by atoms with van der Waals surface area (Å²) in [5.41, 5.74) is 0. The van der Waals surface area contributed by atoms with Gasteiger partial charge in [-0.25, -0.2) is 0 Å². The van der Waals surface area contributed by atoms with E-state index in [0.717, 1.165) is 0 Å². The molecule has 2 fully saturated rings. The Morgan fingerprint density at radius 3 is 2.87 bits per heavy atom. The normalized spacial score (nSPS) is 38.3. The Bertz CT molecular complexity index is 339. The predicted molar refractivity (Wildman–Crippen MR) is 50.3 cm³/mol. The van der Waals surface area contributed by atoms with Gasteiger partial charge >= 0.3 is 29.6 Å². The molecule has 0 unspecified atom stereocenters. The zero-order valence-electron chi connectivity index (χ0n) is 10.0. The van der Waals surface area contributed by atoms with Crippen molar-refractivity contribution in [2.24, 2.45) is 5.92 Å². The fourth-order valence-electron chi connectivity index (χ4n) is 1.81. The summed E-state index contributed by atoms with van der Waals surface area (Å²) >= 11 is 1.38. The van der Waals surface area contributed by atoms with Crippen molar-refractivity contribution in [1.29, 1.82) is 0 Å². The third kappa shape index (κ3) is 2.20. The Kier molecular flexibility index (Phi) is 3.36. The largest absolute Gasteiger partial charge is 1.00 e. The van der Waals surface area contributed by atoms with Crippen molar-refractivity contribution < 1.29 is 45.6 Å². The van der Waals surface area contributed by atoms with E-state index < -0.39 is 23.0 Å². The molecular weight excluding hydrogens is 225 g/mol. The number of amides is 1. The molecule has 0 radical (unpaired) electrons. The Morgan fingerprint density at radius 2 is 2.33 bits per heavy atom. The van der Waals surface area contributed by atoms with E-state index in [4.69, 9.17) is 1.37 Å². The molecule has 1 amide bonds. The van der Waals surface area contributed by atoms with E-state index >= 15 is 0 Å². The van der Waals surface area contributed by atoms with Crippen molar-refractivity contribution in [1.82, 2.24) is 4.90 Å². The number of nitrogens with zero attached hydrogens (tertiary/aromatic N) is 1. The van der Waals surface area contributed by atoms with Gasteiger partial charge in [-0.1, -0.05) is 0 Å². The smallest absolute Gasteiger partial charge is 0.550 e. The van der Waals surface area contributed by atoms with E-state index in [0.29, 0.717) is 0 Å². The molecule has 0 bridgehead atoms. The van der Waals surface area contributed by atoms with Gasteiger partial charge < -0.3 is 14.8 Å². The minimum Gasteiger partial charge on any atom is -0.550 e. The number of hydrogen-bond donors (Lipinski definition) is 0. The maximum Gasteiger partial charge on any atom is 1.00 e. The Morgan fingerprint density at radius 1 is 1.73 bits per heavy atom. The van der Waals surface area contributed by atoms with Gasteiger partial charge in [0.15, 0.2) is 0 Å². The number of carbonyl (C=O) groups is 2. The average Bonchev–Trinajstić information content (AvgIpc) is 2.14. The first-order chi connectivity index (χ1) is 6.84. The number of carbonyl (C=O) groups excluding carboxylic acids is 2. The molecule has 0 aromatic carbocycles. The minimum atomic E-state index is -1.12. The maximum atomic E-state index is 11.3. The van der Waals surface area contributed by atoms with E-state index in [9.17, 15) is 14.7 Å². The molecule has 78 valence electrons. The van der Waals surface area contributed by atoms with Gasteiger partial charge in [-0.3, -0.25) is 4.79 Å². The summed E-state index contributed by atoms with van der Waals surface area (Å²) < 4.78 is 7.05. The number of β-lactam (4-membered cyclic amide) rings is 1. The molecule has 0 N–H and O–H groups in total. The average molecular weight is 238 g/mol. The van der Waals surface area contributed by atoms with Crippen molar-refractivity contribution in [3.63, 3.8) is 0 Å². The molecular formula is C9H12NNaO3S. The zero-order chi connectivity index (χ0) is 11.4. The van der Waals surface area contributed by atoms with Crippen molar-refractivity contribution >= 4 is 23.6 Å². The van der Waals surface area contributed by atoms with E-state index in [1.807, 2.05) is 13.8 Å². The molecule has 0 saturated carbocycles. The maximum absolute atomic E-state index is 11.3. The molecule has 0 spiro atoms. The van der Waals surface area contributed by atoms with Crippen LogP contribution in [0, 0.1) is 5.92 Å². The summed E-state index contributed by atoms with van der Waals surface area (Å²) in [4.78, 5) is 23.7. The monoisotopic (exact) mass is 238 g/mol. The van der Waals surface area contributed by atoms with Crippen LogP contribution >= 0.6 is 11.8 Å². The topological polar surface area (TPSA) is 60.4 Å². The molecule has 0 aromatic heterocycles. The van der Waals surface area contributed by atoms with Crippen LogP contribution in [0.25, 0.3) is 0 Å². The number of rotatable bonds is 1. The Hall–Kier alpha value is 0.290. The molecule has 3 atom stereocenters. The van der Waals surface area contributed by atoms with E-state index in [2.05, 4.69) is 0 Å². The van der Waals surface area contributed by atoms with Gasteiger partial charge in [0, 0.05) is 24.5 Å².